The molecule has 0 aliphatic heterocycles. The highest BCUT2D eigenvalue weighted by atomic mass is 127. The van der Waals surface area contributed by atoms with E-state index in [1.165, 1.54) is 11.3 Å². The van der Waals surface area contributed by atoms with Gasteiger partial charge in [-0.3, -0.25) is 0 Å². The molecule has 0 fully saturated rings. The van der Waals surface area contributed by atoms with Crippen LogP contribution in [0.1, 0.15) is 18.2 Å². The zero-order valence-electron chi connectivity index (χ0n) is 16.7. The van der Waals surface area contributed by atoms with Crippen LogP contribution in [0.4, 0.5) is 5.69 Å². The second-order valence-electron chi connectivity index (χ2n) is 6.25. The van der Waals surface area contributed by atoms with Gasteiger partial charge in [0, 0.05) is 51.9 Å². The second kappa shape index (κ2) is 12.6. The maximum absolute atomic E-state index is 5.05. The van der Waals surface area contributed by atoms with Crippen molar-refractivity contribution in [1.82, 2.24) is 14.8 Å². The van der Waals surface area contributed by atoms with Gasteiger partial charge in [0.2, 0.25) is 0 Å². The highest BCUT2D eigenvalue weighted by Gasteiger charge is 2.08. The van der Waals surface area contributed by atoms with Crippen molar-refractivity contribution in [2.45, 2.75) is 20.0 Å². The summed E-state index contributed by atoms with van der Waals surface area (Å²) >= 11 is 0. The third-order valence-corrected chi connectivity index (χ3v) is 4.15. The van der Waals surface area contributed by atoms with Crippen LogP contribution >= 0.6 is 24.0 Å². The Bertz CT molecular complexity index is 684. The number of hydrogen-bond acceptors (Lipinski definition) is 3. The number of halogens is 1. The van der Waals surface area contributed by atoms with Crippen LogP contribution < -0.4 is 10.6 Å². The van der Waals surface area contributed by atoms with Crippen molar-refractivity contribution in [2.24, 2.45) is 12.0 Å². The lowest BCUT2D eigenvalue weighted by Gasteiger charge is -2.22. The summed E-state index contributed by atoms with van der Waals surface area (Å²) in [7, 11) is 5.84. The van der Waals surface area contributed by atoms with E-state index in [1.807, 2.05) is 0 Å². The molecule has 0 saturated carbocycles. The summed E-state index contributed by atoms with van der Waals surface area (Å²) in [5.74, 6) is 0.913. The molecule has 0 spiro atoms. The van der Waals surface area contributed by atoms with E-state index in [0.29, 0.717) is 13.2 Å². The zero-order valence-corrected chi connectivity index (χ0v) is 19.1. The summed E-state index contributed by atoms with van der Waals surface area (Å²) < 4.78 is 7.18. The molecular weight excluding hydrogens is 453 g/mol. The molecule has 2 aromatic rings. The van der Waals surface area contributed by atoms with Gasteiger partial charge in [0.1, 0.15) is 0 Å². The minimum atomic E-state index is 0. The molecule has 6 nitrogen and oxygen atoms in total. The molecule has 2 N–H and O–H groups in total. The van der Waals surface area contributed by atoms with Gasteiger partial charge >= 0.3 is 0 Å². The van der Waals surface area contributed by atoms with Crippen LogP contribution in [-0.2, 0) is 24.9 Å². The van der Waals surface area contributed by atoms with Gasteiger partial charge in [-0.1, -0.05) is 12.1 Å². The second-order valence-corrected chi connectivity index (χ2v) is 6.25. The number of aliphatic imine (C=N–C) groups is 1. The van der Waals surface area contributed by atoms with Crippen molar-refractivity contribution in [3.05, 3.63) is 53.9 Å². The lowest BCUT2D eigenvalue weighted by Crippen LogP contribution is -2.38. The molecule has 0 unspecified atom stereocenters. The first-order valence-electron chi connectivity index (χ1n) is 9.05. The Hall–Kier alpha value is -1.74. The van der Waals surface area contributed by atoms with Gasteiger partial charge in [0.15, 0.2) is 5.96 Å². The minimum Gasteiger partial charge on any atom is -0.383 e. The lowest BCUT2D eigenvalue weighted by molar-refractivity contribution is 0.211. The Morgan fingerprint density at radius 2 is 1.96 bits per heavy atom. The number of aromatic nitrogens is 1. The minimum absolute atomic E-state index is 0. The summed E-state index contributed by atoms with van der Waals surface area (Å²) in [6.45, 7) is 5.91. The molecular formula is C20H32IN5O. The van der Waals surface area contributed by atoms with E-state index in [0.717, 1.165) is 31.3 Å². The van der Waals surface area contributed by atoms with E-state index in [1.54, 1.807) is 7.11 Å². The molecule has 1 heterocycles. The van der Waals surface area contributed by atoms with E-state index in [4.69, 9.17) is 9.73 Å². The Kier molecular flexibility index (Phi) is 10.9. The fourth-order valence-corrected chi connectivity index (χ4v) is 2.64. The number of hydrogen-bond donors (Lipinski definition) is 2. The number of methoxy groups -OCH3 is 1. The van der Waals surface area contributed by atoms with Crippen LogP contribution in [0.5, 0.6) is 0 Å². The van der Waals surface area contributed by atoms with Gasteiger partial charge in [0.05, 0.1) is 19.7 Å². The average Bonchev–Trinajstić information content (AvgIpc) is 3.04. The predicted molar refractivity (Wildman–Crippen MR) is 124 cm³/mol. The fraction of sp³-hybridized carbons (Fsp3) is 0.450. The fourth-order valence-electron chi connectivity index (χ4n) is 2.64. The highest BCUT2D eigenvalue weighted by Crippen LogP contribution is 2.11. The van der Waals surface area contributed by atoms with Crippen LogP contribution in [0.2, 0.25) is 0 Å². The standard InChI is InChI=1S/C20H31N5O.HI/c1-5-21-20(25(3)16-19-7-6-13-24(19)2)23-15-17-8-10-18(11-9-17)22-12-14-26-4;/h6-11,13,22H,5,12,14-16H2,1-4H3,(H,21,23);1H. The summed E-state index contributed by atoms with van der Waals surface area (Å²) in [6, 6.07) is 12.6. The predicted octanol–water partition coefficient (Wildman–Crippen LogP) is 3.30. The van der Waals surface area contributed by atoms with Crippen LogP contribution in [-0.4, -0.2) is 49.3 Å². The number of rotatable bonds is 9. The molecule has 1 aromatic carbocycles. The Morgan fingerprint density at radius 3 is 2.56 bits per heavy atom. The molecule has 27 heavy (non-hydrogen) atoms. The topological polar surface area (TPSA) is 53.8 Å². The third-order valence-electron chi connectivity index (χ3n) is 4.15. The molecule has 1 aromatic heterocycles. The van der Waals surface area contributed by atoms with Crippen molar-refractivity contribution in [3.63, 3.8) is 0 Å². The molecule has 0 aliphatic carbocycles. The molecule has 0 amide bonds. The normalized spacial score (nSPS) is 11.0. The van der Waals surface area contributed by atoms with Gasteiger partial charge in [0.25, 0.3) is 0 Å². The smallest absolute Gasteiger partial charge is 0.194 e. The number of ether oxygens (including phenoxy) is 1. The van der Waals surface area contributed by atoms with Crippen molar-refractivity contribution in [2.75, 3.05) is 39.2 Å². The molecule has 7 heteroatoms. The average molecular weight is 485 g/mol. The molecule has 0 radical (unpaired) electrons. The van der Waals surface area contributed by atoms with Crippen LogP contribution in [0.25, 0.3) is 0 Å². The van der Waals surface area contributed by atoms with Gasteiger partial charge < -0.3 is 24.8 Å². The number of anilines is 1. The van der Waals surface area contributed by atoms with Crippen molar-refractivity contribution in [1.29, 1.82) is 0 Å². The van der Waals surface area contributed by atoms with Crippen molar-refractivity contribution < 1.29 is 4.74 Å². The number of aryl methyl sites for hydroxylation is 1. The van der Waals surface area contributed by atoms with E-state index >= 15 is 0 Å². The molecule has 0 atom stereocenters. The summed E-state index contributed by atoms with van der Waals surface area (Å²) in [5, 5.41) is 6.69. The van der Waals surface area contributed by atoms with Crippen LogP contribution in [0.3, 0.4) is 0 Å². The number of nitrogens with one attached hydrogen (secondary N) is 2. The molecule has 0 aliphatic rings. The molecule has 150 valence electrons. The monoisotopic (exact) mass is 485 g/mol. The lowest BCUT2D eigenvalue weighted by atomic mass is 10.2. The van der Waals surface area contributed by atoms with E-state index in [2.05, 4.69) is 83.7 Å². The van der Waals surface area contributed by atoms with E-state index in [9.17, 15) is 0 Å². The first-order valence-corrected chi connectivity index (χ1v) is 9.05. The Morgan fingerprint density at radius 1 is 1.22 bits per heavy atom. The van der Waals surface area contributed by atoms with E-state index in [-0.39, 0.29) is 24.0 Å². The quantitative estimate of drug-likeness (QED) is 0.248. The SMILES string of the molecule is CCNC(=NCc1ccc(NCCOC)cc1)N(C)Cc1cccn1C.I. The van der Waals surface area contributed by atoms with Crippen LogP contribution in [0.15, 0.2) is 47.6 Å². The summed E-state index contributed by atoms with van der Waals surface area (Å²) in [5.41, 5.74) is 3.54. The molecule has 0 bridgehead atoms. The van der Waals surface area contributed by atoms with Gasteiger partial charge in [-0.05, 0) is 36.8 Å². The first kappa shape index (κ1) is 23.3. The maximum atomic E-state index is 5.05. The summed E-state index contributed by atoms with van der Waals surface area (Å²) in [4.78, 5) is 6.93. The number of nitrogens with zero attached hydrogens (tertiary/aromatic N) is 3. The van der Waals surface area contributed by atoms with E-state index < -0.39 is 0 Å². The van der Waals surface area contributed by atoms with Gasteiger partial charge in [-0.2, -0.15) is 0 Å². The largest absolute Gasteiger partial charge is 0.383 e. The van der Waals surface area contributed by atoms with Crippen LogP contribution in [0, 0.1) is 0 Å². The van der Waals surface area contributed by atoms with Gasteiger partial charge in [-0.15, -0.1) is 24.0 Å². The zero-order chi connectivity index (χ0) is 18.8. The van der Waals surface area contributed by atoms with Crippen molar-refractivity contribution >= 4 is 35.6 Å². The van der Waals surface area contributed by atoms with Crippen molar-refractivity contribution in [3.8, 4) is 0 Å². The Balaban J connectivity index is 0.00000364. The highest BCUT2D eigenvalue weighted by molar-refractivity contribution is 14.0. The third kappa shape index (κ3) is 7.80. The number of benzene rings is 1. The summed E-state index contributed by atoms with van der Waals surface area (Å²) in [6.07, 6.45) is 2.06. The Labute approximate surface area is 180 Å². The number of guanidine groups is 1. The maximum Gasteiger partial charge on any atom is 0.194 e. The molecule has 2 rings (SSSR count). The first-order chi connectivity index (χ1) is 12.6. The molecule has 0 saturated heterocycles. The van der Waals surface area contributed by atoms with Gasteiger partial charge in [-0.25, -0.2) is 4.99 Å².